The van der Waals surface area contributed by atoms with E-state index in [1.54, 1.807) is 13.8 Å². The first-order valence-electron chi connectivity index (χ1n) is 5.36. The number of amidine groups is 1. The van der Waals surface area contributed by atoms with Crippen LogP contribution in [0.25, 0.3) is 0 Å². The van der Waals surface area contributed by atoms with Crippen LogP contribution in [0.3, 0.4) is 0 Å². The maximum Gasteiger partial charge on any atom is 0.233 e. The predicted molar refractivity (Wildman–Crippen MR) is 65.7 cm³/mol. The molecule has 92 valence electrons. The number of nitrogens with zero attached hydrogens (tertiary/aromatic N) is 1. The zero-order valence-corrected chi connectivity index (χ0v) is 10.5. The molecule has 6 heteroatoms. The van der Waals surface area contributed by atoms with E-state index in [9.17, 15) is 4.79 Å². The summed E-state index contributed by atoms with van der Waals surface area (Å²) in [5, 5.41) is 14.8. The normalized spacial score (nSPS) is 22.1. The Morgan fingerprint density at radius 3 is 2.88 bits per heavy atom. The van der Waals surface area contributed by atoms with E-state index in [0.717, 1.165) is 6.42 Å². The molecule has 1 saturated heterocycles. The molecule has 0 aliphatic carbocycles. The minimum absolute atomic E-state index is 0.0657. The molecule has 0 spiro atoms. The number of carbonyl (C=O) groups is 1. The van der Waals surface area contributed by atoms with E-state index in [4.69, 9.17) is 10.9 Å². The SMILES string of the molecule is CC(C)(C(=O)NCC1CCCS1)C(N)=NO. The lowest BCUT2D eigenvalue weighted by Crippen LogP contribution is -2.47. The van der Waals surface area contributed by atoms with Gasteiger partial charge in [-0.3, -0.25) is 4.79 Å². The molecule has 1 aliphatic heterocycles. The molecule has 1 atom stereocenters. The van der Waals surface area contributed by atoms with Gasteiger partial charge >= 0.3 is 0 Å². The molecule has 5 nitrogen and oxygen atoms in total. The highest BCUT2D eigenvalue weighted by atomic mass is 32.2. The molecule has 1 aliphatic rings. The van der Waals surface area contributed by atoms with Gasteiger partial charge in [-0.25, -0.2) is 0 Å². The van der Waals surface area contributed by atoms with Crippen LogP contribution in [0.2, 0.25) is 0 Å². The van der Waals surface area contributed by atoms with Crippen molar-refractivity contribution in [2.75, 3.05) is 12.3 Å². The predicted octanol–water partition coefficient (Wildman–Crippen LogP) is 0.771. The third kappa shape index (κ3) is 3.04. The number of nitrogens with two attached hydrogens (primary N) is 1. The molecule has 1 unspecified atom stereocenters. The van der Waals surface area contributed by atoms with Gasteiger partial charge in [-0.15, -0.1) is 0 Å². The molecule has 0 radical (unpaired) electrons. The molecule has 4 N–H and O–H groups in total. The van der Waals surface area contributed by atoms with Crippen molar-refractivity contribution >= 4 is 23.5 Å². The lowest BCUT2D eigenvalue weighted by atomic mass is 9.91. The fourth-order valence-electron chi connectivity index (χ4n) is 1.47. The van der Waals surface area contributed by atoms with Gasteiger partial charge in [-0.05, 0) is 32.4 Å². The first-order chi connectivity index (χ1) is 7.48. The Hall–Kier alpha value is -0.910. The van der Waals surface area contributed by atoms with Crippen LogP contribution >= 0.6 is 11.8 Å². The second-order valence-corrected chi connectivity index (χ2v) is 5.86. The van der Waals surface area contributed by atoms with E-state index in [1.807, 2.05) is 11.8 Å². The minimum atomic E-state index is -0.960. The second-order valence-electron chi connectivity index (χ2n) is 4.46. The largest absolute Gasteiger partial charge is 0.409 e. The Balaban J connectivity index is 2.44. The van der Waals surface area contributed by atoms with E-state index in [0.29, 0.717) is 11.8 Å². The van der Waals surface area contributed by atoms with Crippen LogP contribution in [0.4, 0.5) is 0 Å². The summed E-state index contributed by atoms with van der Waals surface area (Å²) in [6, 6.07) is 0. The van der Waals surface area contributed by atoms with Crippen molar-refractivity contribution < 1.29 is 10.0 Å². The van der Waals surface area contributed by atoms with Gasteiger partial charge in [0.1, 0.15) is 5.41 Å². The molecule has 1 rings (SSSR count). The number of amides is 1. The summed E-state index contributed by atoms with van der Waals surface area (Å²) in [5.74, 6) is 0.906. The summed E-state index contributed by atoms with van der Waals surface area (Å²) in [6.45, 7) is 3.93. The Kier molecular flexibility index (Phi) is 4.46. The lowest BCUT2D eigenvalue weighted by molar-refractivity contribution is -0.126. The Bertz CT molecular complexity index is 286. The van der Waals surface area contributed by atoms with Crippen molar-refractivity contribution in [1.29, 1.82) is 0 Å². The van der Waals surface area contributed by atoms with Crippen LogP contribution < -0.4 is 11.1 Å². The molecule has 16 heavy (non-hydrogen) atoms. The molecule has 1 fully saturated rings. The van der Waals surface area contributed by atoms with Crippen molar-refractivity contribution in [3.8, 4) is 0 Å². The van der Waals surface area contributed by atoms with Crippen molar-refractivity contribution in [2.45, 2.75) is 31.9 Å². The van der Waals surface area contributed by atoms with Crippen molar-refractivity contribution in [3.05, 3.63) is 0 Å². The van der Waals surface area contributed by atoms with Gasteiger partial charge in [0.15, 0.2) is 5.84 Å². The molecule has 0 saturated carbocycles. The van der Waals surface area contributed by atoms with E-state index >= 15 is 0 Å². The molecule has 0 aromatic rings. The zero-order chi connectivity index (χ0) is 12.2. The van der Waals surface area contributed by atoms with Gasteiger partial charge in [0, 0.05) is 11.8 Å². The smallest absolute Gasteiger partial charge is 0.233 e. The average Bonchev–Trinajstić information content (AvgIpc) is 2.77. The van der Waals surface area contributed by atoms with Gasteiger partial charge in [-0.2, -0.15) is 11.8 Å². The molecular weight excluding hydrogens is 226 g/mol. The monoisotopic (exact) mass is 245 g/mol. The minimum Gasteiger partial charge on any atom is -0.409 e. The molecule has 0 bridgehead atoms. The topological polar surface area (TPSA) is 87.7 Å². The van der Waals surface area contributed by atoms with Crippen LogP contribution in [0.15, 0.2) is 5.16 Å². The van der Waals surface area contributed by atoms with Crippen molar-refractivity contribution in [2.24, 2.45) is 16.3 Å². The van der Waals surface area contributed by atoms with Crippen molar-refractivity contribution in [1.82, 2.24) is 5.32 Å². The van der Waals surface area contributed by atoms with Gasteiger partial charge in [0.05, 0.1) is 0 Å². The maximum atomic E-state index is 11.8. The summed E-state index contributed by atoms with van der Waals surface area (Å²) in [6.07, 6.45) is 2.36. The summed E-state index contributed by atoms with van der Waals surface area (Å²) >= 11 is 1.88. The average molecular weight is 245 g/mol. The van der Waals surface area contributed by atoms with Crippen LogP contribution in [0.5, 0.6) is 0 Å². The van der Waals surface area contributed by atoms with Gasteiger partial charge in [-0.1, -0.05) is 5.16 Å². The Morgan fingerprint density at radius 2 is 2.38 bits per heavy atom. The number of nitrogens with one attached hydrogen (secondary N) is 1. The Morgan fingerprint density at radius 1 is 1.69 bits per heavy atom. The number of thioether (sulfide) groups is 1. The summed E-state index contributed by atoms with van der Waals surface area (Å²) < 4.78 is 0. The Labute approximate surface area is 99.8 Å². The first kappa shape index (κ1) is 13.2. The quantitative estimate of drug-likeness (QED) is 0.295. The van der Waals surface area contributed by atoms with Crippen LogP contribution in [0.1, 0.15) is 26.7 Å². The third-order valence-corrected chi connectivity index (χ3v) is 4.23. The number of oxime groups is 1. The number of hydrogen-bond donors (Lipinski definition) is 3. The van der Waals surface area contributed by atoms with E-state index in [2.05, 4.69) is 10.5 Å². The van der Waals surface area contributed by atoms with Crippen LogP contribution in [0, 0.1) is 5.41 Å². The maximum absolute atomic E-state index is 11.8. The molecular formula is C10H19N3O2S. The highest BCUT2D eigenvalue weighted by Gasteiger charge is 2.33. The summed E-state index contributed by atoms with van der Waals surface area (Å²) in [5.41, 5.74) is 4.51. The number of rotatable bonds is 4. The zero-order valence-electron chi connectivity index (χ0n) is 9.69. The lowest BCUT2D eigenvalue weighted by Gasteiger charge is -2.22. The number of carbonyl (C=O) groups excluding carboxylic acids is 1. The standard InChI is InChI=1S/C10H19N3O2S/c1-10(2,8(11)13-15)9(14)12-6-7-4-3-5-16-7/h7,15H,3-6H2,1-2H3,(H2,11,13)(H,12,14). The fourth-order valence-corrected chi connectivity index (χ4v) is 2.68. The van der Waals surface area contributed by atoms with E-state index in [-0.39, 0.29) is 11.7 Å². The number of hydrogen-bond acceptors (Lipinski definition) is 4. The fraction of sp³-hybridized carbons (Fsp3) is 0.800. The highest BCUT2D eigenvalue weighted by molar-refractivity contribution is 8.00. The second kappa shape index (κ2) is 5.43. The van der Waals surface area contributed by atoms with E-state index < -0.39 is 5.41 Å². The molecule has 0 aromatic heterocycles. The molecule has 0 aromatic carbocycles. The van der Waals surface area contributed by atoms with E-state index in [1.165, 1.54) is 12.2 Å². The van der Waals surface area contributed by atoms with Crippen LogP contribution in [-0.4, -0.2) is 34.5 Å². The van der Waals surface area contributed by atoms with Gasteiger partial charge < -0.3 is 16.3 Å². The molecule has 1 amide bonds. The summed E-state index contributed by atoms with van der Waals surface area (Å²) in [7, 11) is 0. The third-order valence-electron chi connectivity index (χ3n) is 2.83. The van der Waals surface area contributed by atoms with Crippen molar-refractivity contribution in [3.63, 3.8) is 0 Å². The summed E-state index contributed by atoms with van der Waals surface area (Å²) in [4.78, 5) is 11.8. The van der Waals surface area contributed by atoms with Gasteiger partial charge in [0.2, 0.25) is 5.91 Å². The van der Waals surface area contributed by atoms with Gasteiger partial charge in [0.25, 0.3) is 0 Å². The molecule has 1 heterocycles. The highest BCUT2D eigenvalue weighted by Crippen LogP contribution is 2.25. The first-order valence-corrected chi connectivity index (χ1v) is 6.41. The van der Waals surface area contributed by atoms with Crippen LogP contribution in [-0.2, 0) is 4.79 Å².